The van der Waals surface area contributed by atoms with Gasteiger partial charge >= 0.3 is 0 Å². The zero-order chi connectivity index (χ0) is 17.1. The third kappa shape index (κ3) is 3.30. The summed E-state index contributed by atoms with van der Waals surface area (Å²) in [5, 5.41) is 18.7. The fourth-order valence-electron chi connectivity index (χ4n) is 2.48. The first-order chi connectivity index (χ1) is 11.6. The van der Waals surface area contributed by atoms with Gasteiger partial charge < -0.3 is 5.11 Å². The van der Waals surface area contributed by atoms with E-state index in [1.807, 2.05) is 47.0 Å². The van der Waals surface area contributed by atoms with Gasteiger partial charge in [0.05, 0.1) is 0 Å². The molecule has 1 atom stereocenters. The Kier molecular flexibility index (Phi) is 4.89. The Morgan fingerprint density at radius 3 is 2.67 bits per heavy atom. The molecule has 0 amide bonds. The average Bonchev–Trinajstić information content (AvgIpc) is 2.99. The van der Waals surface area contributed by atoms with Crippen LogP contribution in [-0.4, -0.2) is 19.7 Å². The van der Waals surface area contributed by atoms with Gasteiger partial charge in [-0.1, -0.05) is 49.7 Å². The zero-order valence-corrected chi connectivity index (χ0v) is 14.7. The number of benzene rings is 1. The summed E-state index contributed by atoms with van der Waals surface area (Å²) in [5.74, 6) is 6.81. The lowest BCUT2D eigenvalue weighted by atomic mass is 10.1. The number of aliphatic hydroxyl groups is 1. The molecule has 5 heteroatoms. The minimum absolute atomic E-state index is 0.300. The molecule has 2 heterocycles. The highest BCUT2D eigenvalue weighted by molar-refractivity contribution is 7.99. The van der Waals surface area contributed by atoms with Crippen molar-refractivity contribution in [2.45, 2.75) is 42.6 Å². The van der Waals surface area contributed by atoms with Gasteiger partial charge in [0.2, 0.25) is 0 Å². The SMILES string of the molecule is CC#CC(O)c1ccccc1Sc1ccc2nnc(C(C)C)n2c1. The fraction of sp³-hybridized carbons (Fsp3) is 0.263. The van der Waals surface area contributed by atoms with Gasteiger partial charge in [-0.3, -0.25) is 4.40 Å². The maximum atomic E-state index is 10.2. The smallest absolute Gasteiger partial charge is 0.160 e. The van der Waals surface area contributed by atoms with Crippen molar-refractivity contribution in [3.63, 3.8) is 0 Å². The molecule has 0 aliphatic carbocycles. The third-order valence-corrected chi connectivity index (χ3v) is 4.71. The summed E-state index contributed by atoms with van der Waals surface area (Å²) in [6, 6.07) is 11.8. The first kappa shape index (κ1) is 16.6. The highest BCUT2D eigenvalue weighted by Crippen LogP contribution is 2.33. The van der Waals surface area contributed by atoms with Gasteiger partial charge in [-0.05, 0) is 25.1 Å². The van der Waals surface area contributed by atoms with Gasteiger partial charge in [-0.25, -0.2) is 0 Å². The number of aromatic nitrogens is 3. The van der Waals surface area contributed by atoms with Crippen LogP contribution in [0.15, 0.2) is 52.4 Å². The number of pyridine rings is 1. The molecule has 0 bridgehead atoms. The van der Waals surface area contributed by atoms with Crippen molar-refractivity contribution in [1.29, 1.82) is 0 Å². The molecule has 0 aliphatic rings. The first-order valence-electron chi connectivity index (χ1n) is 7.82. The molecule has 0 fully saturated rings. The number of aliphatic hydroxyl groups excluding tert-OH is 1. The minimum atomic E-state index is -0.774. The van der Waals surface area contributed by atoms with Crippen molar-refractivity contribution >= 4 is 17.4 Å². The second-order valence-corrected chi connectivity index (χ2v) is 6.86. The monoisotopic (exact) mass is 337 g/mol. The minimum Gasteiger partial charge on any atom is -0.376 e. The number of fused-ring (bicyclic) bond motifs is 1. The zero-order valence-electron chi connectivity index (χ0n) is 13.9. The highest BCUT2D eigenvalue weighted by Gasteiger charge is 2.13. The number of rotatable bonds is 4. The van der Waals surface area contributed by atoms with Crippen LogP contribution in [0.25, 0.3) is 5.65 Å². The van der Waals surface area contributed by atoms with Crippen LogP contribution in [0.1, 0.15) is 44.2 Å². The Balaban J connectivity index is 1.98. The molecule has 1 N–H and O–H groups in total. The summed E-state index contributed by atoms with van der Waals surface area (Å²) < 4.78 is 2.03. The van der Waals surface area contributed by atoms with E-state index >= 15 is 0 Å². The maximum Gasteiger partial charge on any atom is 0.160 e. The normalized spacial score (nSPS) is 12.2. The van der Waals surface area contributed by atoms with Gasteiger partial charge in [0, 0.05) is 27.5 Å². The van der Waals surface area contributed by atoms with Gasteiger partial charge in [-0.2, -0.15) is 0 Å². The number of hydrogen-bond donors (Lipinski definition) is 1. The summed E-state index contributed by atoms with van der Waals surface area (Å²) in [7, 11) is 0. The lowest BCUT2D eigenvalue weighted by molar-refractivity contribution is 0.235. The Morgan fingerprint density at radius 2 is 1.92 bits per heavy atom. The Hall–Kier alpha value is -2.29. The predicted octanol–water partition coefficient (Wildman–Crippen LogP) is 4.06. The molecule has 3 rings (SSSR count). The molecule has 0 spiro atoms. The maximum absolute atomic E-state index is 10.2. The van der Waals surface area contributed by atoms with Crippen molar-refractivity contribution in [3.8, 4) is 11.8 Å². The summed E-state index contributed by atoms with van der Waals surface area (Å²) >= 11 is 1.60. The Morgan fingerprint density at radius 1 is 1.12 bits per heavy atom. The average molecular weight is 337 g/mol. The molecule has 3 aromatic rings. The molecule has 0 radical (unpaired) electrons. The topological polar surface area (TPSA) is 50.4 Å². The molecule has 0 saturated carbocycles. The molecule has 122 valence electrons. The van der Waals surface area contributed by atoms with Crippen molar-refractivity contribution in [3.05, 3.63) is 54.0 Å². The van der Waals surface area contributed by atoms with Crippen molar-refractivity contribution < 1.29 is 5.11 Å². The van der Waals surface area contributed by atoms with E-state index in [0.29, 0.717) is 5.92 Å². The molecule has 1 aromatic carbocycles. The third-order valence-electron chi connectivity index (χ3n) is 3.64. The van der Waals surface area contributed by atoms with E-state index in [4.69, 9.17) is 0 Å². The molecule has 4 nitrogen and oxygen atoms in total. The van der Waals surface area contributed by atoms with Gasteiger partial charge in [0.1, 0.15) is 11.9 Å². The van der Waals surface area contributed by atoms with E-state index in [9.17, 15) is 5.11 Å². The second-order valence-electron chi connectivity index (χ2n) is 5.74. The van der Waals surface area contributed by atoms with Crippen LogP contribution in [0.5, 0.6) is 0 Å². The van der Waals surface area contributed by atoms with Gasteiger partial charge in [0.15, 0.2) is 5.65 Å². The molecular formula is C19H19N3OS. The Bertz CT molecular complexity index is 921. The van der Waals surface area contributed by atoms with E-state index in [1.54, 1.807) is 18.7 Å². The molecule has 0 aliphatic heterocycles. The van der Waals surface area contributed by atoms with Crippen molar-refractivity contribution in [1.82, 2.24) is 14.6 Å². The van der Waals surface area contributed by atoms with Crippen molar-refractivity contribution in [2.24, 2.45) is 0 Å². The molecule has 1 unspecified atom stereocenters. The van der Waals surface area contributed by atoms with E-state index < -0.39 is 6.10 Å². The summed E-state index contributed by atoms with van der Waals surface area (Å²) in [6.07, 6.45) is 1.27. The highest BCUT2D eigenvalue weighted by atomic mass is 32.2. The summed E-state index contributed by atoms with van der Waals surface area (Å²) in [4.78, 5) is 2.06. The summed E-state index contributed by atoms with van der Waals surface area (Å²) in [6.45, 7) is 5.93. The van der Waals surface area contributed by atoms with E-state index in [-0.39, 0.29) is 0 Å². The number of nitrogens with zero attached hydrogens (tertiary/aromatic N) is 3. The standard InChI is InChI=1S/C19H19N3OS/c1-4-7-16(23)15-8-5-6-9-17(15)24-14-10-11-18-20-21-19(13(2)3)22(18)12-14/h5-6,8-13,16,23H,1-3H3. The first-order valence-corrected chi connectivity index (χ1v) is 8.63. The molecule has 2 aromatic heterocycles. The molecule has 24 heavy (non-hydrogen) atoms. The predicted molar refractivity (Wildman–Crippen MR) is 96.1 cm³/mol. The fourth-order valence-corrected chi connectivity index (χ4v) is 3.48. The molecular weight excluding hydrogens is 318 g/mol. The van der Waals surface area contributed by atoms with E-state index in [2.05, 4.69) is 35.9 Å². The lowest BCUT2D eigenvalue weighted by Crippen LogP contribution is -1.98. The quantitative estimate of drug-likeness (QED) is 0.730. The van der Waals surface area contributed by atoms with Crippen LogP contribution in [0.3, 0.4) is 0 Å². The largest absolute Gasteiger partial charge is 0.376 e. The van der Waals surface area contributed by atoms with Crippen LogP contribution >= 0.6 is 11.8 Å². The van der Waals surface area contributed by atoms with Gasteiger partial charge in [0.25, 0.3) is 0 Å². The van der Waals surface area contributed by atoms with E-state index in [1.165, 1.54) is 0 Å². The van der Waals surface area contributed by atoms with Crippen LogP contribution < -0.4 is 0 Å². The van der Waals surface area contributed by atoms with Crippen molar-refractivity contribution in [2.75, 3.05) is 0 Å². The Labute approximate surface area is 145 Å². The summed E-state index contributed by atoms with van der Waals surface area (Å²) in [5.41, 5.74) is 1.66. The van der Waals surface area contributed by atoms with E-state index in [0.717, 1.165) is 26.8 Å². The van der Waals surface area contributed by atoms with Gasteiger partial charge in [-0.15, -0.1) is 16.1 Å². The number of hydrogen-bond acceptors (Lipinski definition) is 4. The van der Waals surface area contributed by atoms with Crippen LogP contribution in [-0.2, 0) is 0 Å². The van der Waals surface area contributed by atoms with Crippen LogP contribution in [0.4, 0.5) is 0 Å². The second kappa shape index (κ2) is 7.08. The van der Waals surface area contributed by atoms with Crippen LogP contribution in [0, 0.1) is 11.8 Å². The van der Waals surface area contributed by atoms with Crippen LogP contribution in [0.2, 0.25) is 0 Å². The lowest BCUT2D eigenvalue weighted by Gasteiger charge is -2.11. The molecule has 0 saturated heterocycles.